The quantitative estimate of drug-likeness (QED) is 0.338. The van der Waals surface area contributed by atoms with Crippen LogP contribution in [0, 0.1) is 10.1 Å². The topological polar surface area (TPSA) is 89.8 Å². The molecule has 0 spiro atoms. The Balaban J connectivity index is 2.15. The molecule has 8 heteroatoms. The summed E-state index contributed by atoms with van der Waals surface area (Å²) in [6, 6.07) is 4.40. The van der Waals surface area contributed by atoms with Gasteiger partial charge in [0.1, 0.15) is 0 Å². The molecule has 1 heterocycles. The molecule has 0 aliphatic carbocycles. The first-order valence-corrected chi connectivity index (χ1v) is 8.87. The van der Waals surface area contributed by atoms with Crippen molar-refractivity contribution >= 4 is 29.3 Å². The van der Waals surface area contributed by atoms with Gasteiger partial charge in [0, 0.05) is 24.7 Å². The zero-order valence-corrected chi connectivity index (χ0v) is 14.3. The lowest BCUT2D eigenvalue weighted by molar-refractivity contribution is -0.387. The number of ether oxygens (including phenoxy) is 1. The Morgan fingerprint density at radius 3 is 2.62 bits per heavy atom. The maximum Gasteiger partial charge on any atom is 0.316 e. The Kier molecular flexibility index (Phi) is 6.60. The van der Waals surface area contributed by atoms with Crippen LogP contribution in [0.1, 0.15) is 36.5 Å². The number of likely N-dealkylation sites (tertiary alicyclic amines) is 1. The van der Waals surface area contributed by atoms with Gasteiger partial charge in [0.15, 0.2) is 0 Å². The van der Waals surface area contributed by atoms with E-state index < -0.39 is 10.9 Å². The number of rotatable bonds is 6. The molecule has 0 atom stereocenters. The van der Waals surface area contributed by atoms with Gasteiger partial charge in [-0.1, -0.05) is 0 Å². The molecule has 0 saturated carbocycles. The molecule has 0 N–H and O–H groups in total. The number of amides is 1. The highest BCUT2D eigenvalue weighted by atomic mass is 32.2. The van der Waals surface area contributed by atoms with E-state index in [0.717, 1.165) is 31.0 Å². The van der Waals surface area contributed by atoms with Crippen LogP contribution in [0.5, 0.6) is 0 Å². The van der Waals surface area contributed by atoms with Crippen LogP contribution in [-0.4, -0.2) is 47.1 Å². The van der Waals surface area contributed by atoms with Crippen molar-refractivity contribution in [2.75, 3.05) is 25.4 Å². The van der Waals surface area contributed by atoms with Gasteiger partial charge in [-0.05, 0) is 38.3 Å². The van der Waals surface area contributed by atoms with Gasteiger partial charge in [-0.3, -0.25) is 19.7 Å². The monoisotopic (exact) mass is 352 g/mol. The van der Waals surface area contributed by atoms with Crippen molar-refractivity contribution in [3.8, 4) is 0 Å². The number of piperidine rings is 1. The first-order chi connectivity index (χ1) is 11.5. The van der Waals surface area contributed by atoms with E-state index in [1.807, 2.05) is 0 Å². The van der Waals surface area contributed by atoms with Crippen molar-refractivity contribution in [3.05, 3.63) is 33.9 Å². The molecule has 7 nitrogen and oxygen atoms in total. The third-order valence-corrected chi connectivity index (χ3v) is 4.73. The number of benzene rings is 1. The van der Waals surface area contributed by atoms with E-state index in [-0.39, 0.29) is 24.0 Å². The van der Waals surface area contributed by atoms with E-state index >= 15 is 0 Å². The Labute approximate surface area is 144 Å². The van der Waals surface area contributed by atoms with Crippen LogP contribution in [0.2, 0.25) is 0 Å². The minimum Gasteiger partial charge on any atom is -0.465 e. The van der Waals surface area contributed by atoms with Crippen molar-refractivity contribution in [1.82, 2.24) is 4.90 Å². The normalized spacial score (nSPS) is 14.3. The largest absolute Gasteiger partial charge is 0.465 e. The van der Waals surface area contributed by atoms with Gasteiger partial charge in [-0.15, -0.1) is 11.8 Å². The van der Waals surface area contributed by atoms with Crippen LogP contribution in [0.4, 0.5) is 5.69 Å². The van der Waals surface area contributed by atoms with E-state index in [1.54, 1.807) is 17.9 Å². The summed E-state index contributed by atoms with van der Waals surface area (Å²) in [6.45, 7) is 3.34. The Morgan fingerprint density at radius 1 is 1.29 bits per heavy atom. The molecular formula is C16H20N2O5S. The van der Waals surface area contributed by atoms with Gasteiger partial charge in [0.2, 0.25) is 0 Å². The van der Waals surface area contributed by atoms with Gasteiger partial charge < -0.3 is 9.64 Å². The predicted octanol–water partition coefficient (Wildman–Crippen LogP) is 2.88. The molecule has 1 aromatic carbocycles. The average molecular weight is 352 g/mol. The smallest absolute Gasteiger partial charge is 0.316 e. The molecule has 0 unspecified atom stereocenters. The summed E-state index contributed by atoms with van der Waals surface area (Å²) in [5.41, 5.74) is 0.149. The second kappa shape index (κ2) is 8.68. The minimum absolute atomic E-state index is 0.00586. The number of carbonyl (C=O) groups is 2. The van der Waals surface area contributed by atoms with Gasteiger partial charge in [-0.2, -0.15) is 0 Å². The summed E-state index contributed by atoms with van der Waals surface area (Å²) in [4.78, 5) is 36.7. The summed E-state index contributed by atoms with van der Waals surface area (Å²) in [5.74, 6) is -0.612. The van der Waals surface area contributed by atoms with Crippen LogP contribution in [0.3, 0.4) is 0 Å². The van der Waals surface area contributed by atoms with E-state index in [1.165, 1.54) is 12.1 Å². The maximum atomic E-state index is 12.5. The summed E-state index contributed by atoms with van der Waals surface area (Å²) < 4.78 is 4.81. The number of carbonyl (C=O) groups excluding carboxylic acids is 2. The molecule has 2 rings (SSSR count). The van der Waals surface area contributed by atoms with E-state index in [2.05, 4.69) is 0 Å². The highest BCUT2D eigenvalue weighted by Gasteiger charge is 2.23. The number of esters is 1. The molecule has 1 aliphatic rings. The van der Waals surface area contributed by atoms with Crippen molar-refractivity contribution in [1.29, 1.82) is 0 Å². The van der Waals surface area contributed by atoms with E-state index in [9.17, 15) is 19.7 Å². The molecule has 1 aliphatic heterocycles. The molecule has 130 valence electrons. The fourth-order valence-corrected chi connectivity index (χ4v) is 3.34. The lowest BCUT2D eigenvalue weighted by Gasteiger charge is -2.26. The standard InChI is InChI=1S/C16H20N2O5S/c1-2-23-15(19)11-24-14-7-6-12(10-13(14)18(21)22)16(20)17-8-4-3-5-9-17/h6-7,10H,2-5,8-9,11H2,1H3. The fourth-order valence-electron chi connectivity index (χ4n) is 2.53. The zero-order chi connectivity index (χ0) is 17.5. The number of nitro benzene ring substituents is 1. The van der Waals surface area contributed by atoms with Crippen molar-refractivity contribution in [2.24, 2.45) is 0 Å². The van der Waals surface area contributed by atoms with E-state index in [4.69, 9.17) is 4.74 Å². The summed E-state index contributed by atoms with van der Waals surface area (Å²) in [5, 5.41) is 11.3. The van der Waals surface area contributed by atoms with Gasteiger partial charge in [-0.25, -0.2) is 0 Å². The molecule has 1 saturated heterocycles. The highest BCUT2D eigenvalue weighted by molar-refractivity contribution is 8.00. The molecule has 1 aromatic rings. The lowest BCUT2D eigenvalue weighted by atomic mass is 10.1. The van der Waals surface area contributed by atoms with Crippen LogP contribution in [-0.2, 0) is 9.53 Å². The second-order valence-electron chi connectivity index (χ2n) is 5.39. The zero-order valence-electron chi connectivity index (χ0n) is 13.5. The van der Waals surface area contributed by atoms with Crippen molar-refractivity contribution < 1.29 is 19.2 Å². The highest BCUT2D eigenvalue weighted by Crippen LogP contribution is 2.30. The van der Waals surface area contributed by atoms with Crippen LogP contribution in [0.25, 0.3) is 0 Å². The molecule has 24 heavy (non-hydrogen) atoms. The second-order valence-corrected chi connectivity index (χ2v) is 6.40. The molecule has 0 radical (unpaired) electrons. The van der Waals surface area contributed by atoms with Gasteiger partial charge in [0.05, 0.1) is 22.2 Å². The predicted molar refractivity (Wildman–Crippen MR) is 90.2 cm³/mol. The van der Waals surface area contributed by atoms with Crippen molar-refractivity contribution in [2.45, 2.75) is 31.1 Å². The third-order valence-electron chi connectivity index (χ3n) is 3.70. The number of nitrogens with zero attached hydrogens (tertiary/aromatic N) is 2. The average Bonchev–Trinajstić information content (AvgIpc) is 2.60. The fraction of sp³-hybridized carbons (Fsp3) is 0.500. The first-order valence-electron chi connectivity index (χ1n) is 7.89. The molecule has 0 bridgehead atoms. The number of hydrogen-bond donors (Lipinski definition) is 0. The number of nitro groups is 1. The molecule has 1 amide bonds. The van der Waals surface area contributed by atoms with Gasteiger partial charge in [0.25, 0.3) is 11.6 Å². The first kappa shape index (κ1) is 18.3. The Hall–Kier alpha value is -2.09. The Bertz CT molecular complexity index is 629. The molecular weight excluding hydrogens is 332 g/mol. The minimum atomic E-state index is -0.527. The lowest BCUT2D eigenvalue weighted by Crippen LogP contribution is -2.35. The summed E-state index contributed by atoms with van der Waals surface area (Å²) in [7, 11) is 0. The van der Waals surface area contributed by atoms with Crippen molar-refractivity contribution in [3.63, 3.8) is 0 Å². The molecule has 1 fully saturated rings. The maximum absolute atomic E-state index is 12.5. The summed E-state index contributed by atoms with van der Waals surface area (Å²) in [6.07, 6.45) is 3.02. The van der Waals surface area contributed by atoms with Crippen LogP contribution in [0.15, 0.2) is 23.1 Å². The van der Waals surface area contributed by atoms with Crippen LogP contribution < -0.4 is 0 Å². The number of thioether (sulfide) groups is 1. The SMILES string of the molecule is CCOC(=O)CSc1ccc(C(=O)N2CCCCC2)cc1[N+](=O)[O-]. The third kappa shape index (κ3) is 4.70. The van der Waals surface area contributed by atoms with Crippen LogP contribution >= 0.6 is 11.8 Å². The Morgan fingerprint density at radius 2 is 2.00 bits per heavy atom. The molecule has 0 aromatic heterocycles. The summed E-state index contributed by atoms with van der Waals surface area (Å²) >= 11 is 1.04. The number of hydrogen-bond acceptors (Lipinski definition) is 6. The van der Waals surface area contributed by atoms with E-state index in [0.29, 0.717) is 23.5 Å². The van der Waals surface area contributed by atoms with Gasteiger partial charge >= 0.3 is 5.97 Å².